The van der Waals surface area contributed by atoms with Crippen molar-refractivity contribution in [2.24, 2.45) is 0 Å². The molecule has 0 aliphatic carbocycles. The Morgan fingerprint density at radius 1 is 1.27 bits per heavy atom. The van der Waals surface area contributed by atoms with Crippen molar-refractivity contribution in [1.29, 1.82) is 0 Å². The van der Waals surface area contributed by atoms with Gasteiger partial charge in [-0.3, -0.25) is 4.79 Å². The average molecular weight is 361 g/mol. The highest BCUT2D eigenvalue weighted by atomic mass is 79.9. The Morgan fingerprint density at radius 2 is 2.09 bits per heavy atom. The van der Waals surface area contributed by atoms with Crippen molar-refractivity contribution in [2.75, 3.05) is 5.32 Å². The van der Waals surface area contributed by atoms with E-state index in [1.54, 1.807) is 30.6 Å². The zero-order valence-corrected chi connectivity index (χ0v) is 12.6. The number of carboxylic acid groups (broad SMARTS) is 1. The molecule has 3 rings (SSSR count). The van der Waals surface area contributed by atoms with E-state index in [4.69, 9.17) is 5.11 Å². The maximum absolute atomic E-state index is 12.2. The number of benzene rings is 1. The topological polar surface area (TPSA) is 96.6 Å². The summed E-state index contributed by atoms with van der Waals surface area (Å²) in [4.78, 5) is 27.2. The van der Waals surface area contributed by atoms with Crippen LogP contribution in [-0.4, -0.2) is 31.6 Å². The summed E-state index contributed by atoms with van der Waals surface area (Å²) in [5, 5.41) is 15.7. The summed E-state index contributed by atoms with van der Waals surface area (Å²) in [6.07, 6.45) is 3.29. The molecule has 2 heterocycles. The van der Waals surface area contributed by atoms with Crippen molar-refractivity contribution < 1.29 is 14.7 Å². The maximum atomic E-state index is 12.2. The highest BCUT2D eigenvalue weighted by molar-refractivity contribution is 9.10. The van der Waals surface area contributed by atoms with Crippen molar-refractivity contribution in [3.63, 3.8) is 0 Å². The number of anilines is 1. The molecule has 1 amide bonds. The van der Waals surface area contributed by atoms with Crippen LogP contribution in [0.1, 0.15) is 20.8 Å². The maximum Gasteiger partial charge on any atom is 0.335 e. The summed E-state index contributed by atoms with van der Waals surface area (Å²) in [7, 11) is 0. The summed E-state index contributed by atoms with van der Waals surface area (Å²) in [6, 6.07) is 7.54. The van der Waals surface area contributed by atoms with Crippen molar-refractivity contribution in [3.05, 3.63) is 58.5 Å². The number of carboxylic acids is 1. The quantitative estimate of drug-likeness (QED) is 0.747. The van der Waals surface area contributed by atoms with Crippen LogP contribution in [0.25, 0.3) is 5.65 Å². The molecule has 0 aliphatic heterocycles. The molecule has 2 N–H and O–H groups in total. The van der Waals surface area contributed by atoms with Crippen LogP contribution < -0.4 is 5.32 Å². The highest BCUT2D eigenvalue weighted by Crippen LogP contribution is 2.14. The first-order valence-corrected chi connectivity index (χ1v) is 6.98. The molecule has 0 saturated carbocycles. The smallest absolute Gasteiger partial charge is 0.335 e. The summed E-state index contributed by atoms with van der Waals surface area (Å²) in [6.45, 7) is 0. The Balaban J connectivity index is 1.86. The number of hydrogen-bond acceptors (Lipinski definition) is 4. The fourth-order valence-corrected chi connectivity index (χ4v) is 2.19. The van der Waals surface area contributed by atoms with Crippen molar-refractivity contribution >= 4 is 39.1 Å². The Kier molecular flexibility index (Phi) is 3.60. The molecule has 8 heteroatoms. The van der Waals surface area contributed by atoms with Crippen LogP contribution in [0.5, 0.6) is 0 Å². The zero-order valence-electron chi connectivity index (χ0n) is 11.0. The Morgan fingerprint density at radius 3 is 2.86 bits per heavy atom. The van der Waals surface area contributed by atoms with Gasteiger partial charge >= 0.3 is 5.97 Å². The lowest BCUT2D eigenvalue weighted by atomic mass is 10.2. The van der Waals surface area contributed by atoms with Crippen molar-refractivity contribution in [1.82, 2.24) is 14.6 Å². The molecule has 22 heavy (non-hydrogen) atoms. The SMILES string of the molecule is O=C(O)c1cccc(NC(=O)c2cc3ncc(Br)cn3n2)c1. The van der Waals surface area contributed by atoms with Crippen LogP contribution in [0, 0.1) is 0 Å². The van der Waals surface area contributed by atoms with Gasteiger partial charge < -0.3 is 10.4 Å². The predicted octanol–water partition coefficient (Wildman–Crippen LogP) is 2.44. The van der Waals surface area contributed by atoms with Gasteiger partial charge in [-0.05, 0) is 34.1 Å². The van der Waals surface area contributed by atoms with Crippen LogP contribution in [0.2, 0.25) is 0 Å². The van der Waals surface area contributed by atoms with Gasteiger partial charge in [0.05, 0.1) is 10.0 Å². The molecular weight excluding hydrogens is 352 g/mol. The molecule has 0 atom stereocenters. The van der Waals surface area contributed by atoms with Gasteiger partial charge in [0, 0.05) is 24.1 Å². The molecular formula is C14H9BrN4O3. The highest BCUT2D eigenvalue weighted by Gasteiger charge is 2.13. The van der Waals surface area contributed by atoms with Crippen LogP contribution in [0.15, 0.2) is 47.2 Å². The fourth-order valence-electron chi connectivity index (χ4n) is 1.89. The number of nitrogens with zero attached hydrogens (tertiary/aromatic N) is 3. The third kappa shape index (κ3) is 2.82. The Bertz CT molecular complexity index is 891. The molecule has 0 aliphatic rings. The number of aromatic nitrogens is 3. The largest absolute Gasteiger partial charge is 0.478 e. The van der Waals surface area contributed by atoms with Gasteiger partial charge in [0.25, 0.3) is 5.91 Å². The van der Waals surface area contributed by atoms with E-state index < -0.39 is 11.9 Å². The minimum Gasteiger partial charge on any atom is -0.478 e. The number of carbonyl (C=O) groups excluding carboxylic acids is 1. The van der Waals surface area contributed by atoms with Crippen molar-refractivity contribution in [3.8, 4) is 0 Å². The number of aromatic carboxylic acids is 1. The second-order valence-corrected chi connectivity index (χ2v) is 5.36. The number of carbonyl (C=O) groups is 2. The first-order valence-electron chi connectivity index (χ1n) is 6.18. The first-order chi connectivity index (χ1) is 10.5. The van der Waals surface area contributed by atoms with Gasteiger partial charge in [-0.1, -0.05) is 6.07 Å². The number of hydrogen-bond donors (Lipinski definition) is 2. The molecule has 110 valence electrons. The van der Waals surface area contributed by atoms with Gasteiger partial charge in [0.15, 0.2) is 11.3 Å². The van der Waals surface area contributed by atoms with Gasteiger partial charge in [0.1, 0.15) is 0 Å². The second kappa shape index (κ2) is 5.57. The van der Waals surface area contributed by atoms with E-state index in [9.17, 15) is 9.59 Å². The number of nitrogens with one attached hydrogen (secondary N) is 1. The molecule has 0 bridgehead atoms. The lowest BCUT2D eigenvalue weighted by Gasteiger charge is -2.03. The zero-order chi connectivity index (χ0) is 15.7. The van der Waals surface area contributed by atoms with Crippen LogP contribution in [-0.2, 0) is 0 Å². The van der Waals surface area contributed by atoms with E-state index >= 15 is 0 Å². The molecule has 0 fully saturated rings. The van der Waals surface area contributed by atoms with E-state index in [1.165, 1.54) is 16.6 Å². The summed E-state index contributed by atoms with van der Waals surface area (Å²) >= 11 is 3.27. The summed E-state index contributed by atoms with van der Waals surface area (Å²) in [5.74, 6) is -1.50. The molecule has 3 aromatic rings. The van der Waals surface area contributed by atoms with E-state index in [0.717, 1.165) is 4.47 Å². The van der Waals surface area contributed by atoms with Gasteiger partial charge in [0.2, 0.25) is 0 Å². The van der Waals surface area contributed by atoms with Gasteiger partial charge in [-0.15, -0.1) is 0 Å². The minimum atomic E-state index is -1.06. The molecule has 7 nitrogen and oxygen atoms in total. The molecule has 0 radical (unpaired) electrons. The molecule has 2 aromatic heterocycles. The van der Waals surface area contributed by atoms with Crippen LogP contribution >= 0.6 is 15.9 Å². The number of rotatable bonds is 3. The minimum absolute atomic E-state index is 0.0957. The third-order valence-electron chi connectivity index (χ3n) is 2.88. The van der Waals surface area contributed by atoms with Gasteiger partial charge in [-0.25, -0.2) is 14.3 Å². The summed E-state index contributed by atoms with van der Waals surface area (Å²) in [5.41, 5.74) is 1.20. The van der Waals surface area contributed by atoms with E-state index in [2.05, 4.69) is 31.3 Å². The third-order valence-corrected chi connectivity index (χ3v) is 3.29. The molecule has 0 saturated heterocycles. The standard InChI is InChI=1S/C14H9BrN4O3/c15-9-6-16-12-5-11(18-19(12)7-9)13(20)17-10-3-1-2-8(4-10)14(21)22/h1-7H,(H,17,20)(H,21,22). The number of halogens is 1. The van der Waals surface area contributed by atoms with Crippen molar-refractivity contribution in [2.45, 2.75) is 0 Å². The normalized spacial score (nSPS) is 10.6. The Labute approximate surface area is 132 Å². The predicted molar refractivity (Wildman–Crippen MR) is 82.0 cm³/mol. The lowest BCUT2D eigenvalue weighted by molar-refractivity contribution is 0.0696. The Hall–Kier alpha value is -2.74. The number of amides is 1. The fraction of sp³-hybridized carbons (Fsp3) is 0. The van der Waals surface area contributed by atoms with Crippen LogP contribution in [0.3, 0.4) is 0 Å². The van der Waals surface area contributed by atoms with Crippen LogP contribution in [0.4, 0.5) is 5.69 Å². The second-order valence-electron chi connectivity index (χ2n) is 4.44. The van der Waals surface area contributed by atoms with Gasteiger partial charge in [-0.2, -0.15) is 5.10 Å². The van der Waals surface area contributed by atoms with E-state index in [0.29, 0.717) is 11.3 Å². The monoisotopic (exact) mass is 360 g/mol. The average Bonchev–Trinajstić information content (AvgIpc) is 2.90. The lowest BCUT2D eigenvalue weighted by Crippen LogP contribution is -2.13. The van der Waals surface area contributed by atoms with E-state index in [-0.39, 0.29) is 11.3 Å². The molecule has 0 spiro atoms. The molecule has 0 unspecified atom stereocenters. The van der Waals surface area contributed by atoms with E-state index in [1.807, 2.05) is 0 Å². The number of fused-ring (bicyclic) bond motifs is 1. The molecule has 1 aromatic carbocycles. The first kappa shape index (κ1) is 14.2. The summed E-state index contributed by atoms with van der Waals surface area (Å²) < 4.78 is 2.22.